The SMILES string of the molecule is Cc1ccc(C(=O)N/N=C\c2cccc3cccnc23)cc1. The first-order valence-corrected chi connectivity index (χ1v) is 6.98. The largest absolute Gasteiger partial charge is 0.271 e. The minimum atomic E-state index is -0.232. The Balaban J connectivity index is 1.76. The number of aryl methyl sites for hydroxylation is 1. The van der Waals surface area contributed by atoms with E-state index in [1.165, 1.54) is 0 Å². The molecule has 1 aromatic heterocycles. The second kappa shape index (κ2) is 6.18. The van der Waals surface area contributed by atoms with Crippen molar-refractivity contribution in [3.63, 3.8) is 0 Å². The molecule has 0 aliphatic heterocycles. The third-order valence-corrected chi connectivity index (χ3v) is 3.35. The fourth-order valence-electron chi connectivity index (χ4n) is 2.16. The van der Waals surface area contributed by atoms with Crippen molar-refractivity contribution >= 4 is 23.0 Å². The van der Waals surface area contributed by atoms with E-state index in [0.717, 1.165) is 22.0 Å². The monoisotopic (exact) mass is 289 g/mol. The van der Waals surface area contributed by atoms with Crippen LogP contribution in [0, 0.1) is 6.92 Å². The molecule has 3 rings (SSSR count). The summed E-state index contributed by atoms with van der Waals surface area (Å²) >= 11 is 0. The first kappa shape index (κ1) is 13.9. The molecule has 0 saturated carbocycles. The third kappa shape index (κ3) is 3.01. The molecule has 0 fully saturated rings. The van der Waals surface area contributed by atoms with E-state index < -0.39 is 0 Å². The third-order valence-electron chi connectivity index (χ3n) is 3.35. The molecule has 0 aliphatic carbocycles. The van der Waals surface area contributed by atoms with E-state index in [2.05, 4.69) is 15.5 Å². The van der Waals surface area contributed by atoms with Crippen LogP contribution in [0.1, 0.15) is 21.5 Å². The summed E-state index contributed by atoms with van der Waals surface area (Å²) < 4.78 is 0. The van der Waals surface area contributed by atoms with Crippen LogP contribution in [0.2, 0.25) is 0 Å². The number of carbonyl (C=O) groups is 1. The predicted molar refractivity (Wildman–Crippen MR) is 88.0 cm³/mol. The van der Waals surface area contributed by atoms with Crippen molar-refractivity contribution in [3.05, 3.63) is 77.5 Å². The van der Waals surface area contributed by atoms with Crippen LogP contribution in [0.3, 0.4) is 0 Å². The number of benzene rings is 2. The average molecular weight is 289 g/mol. The molecule has 0 radical (unpaired) electrons. The van der Waals surface area contributed by atoms with Gasteiger partial charge in [0.15, 0.2) is 0 Å². The molecule has 0 bridgehead atoms. The Hall–Kier alpha value is -3.01. The van der Waals surface area contributed by atoms with E-state index in [-0.39, 0.29) is 5.91 Å². The van der Waals surface area contributed by atoms with E-state index in [1.54, 1.807) is 24.5 Å². The van der Waals surface area contributed by atoms with Crippen LogP contribution in [0.5, 0.6) is 0 Å². The molecular formula is C18H15N3O. The van der Waals surface area contributed by atoms with Gasteiger partial charge in [-0.15, -0.1) is 0 Å². The number of nitrogens with zero attached hydrogens (tertiary/aromatic N) is 2. The van der Waals surface area contributed by atoms with Crippen molar-refractivity contribution in [3.8, 4) is 0 Å². The maximum Gasteiger partial charge on any atom is 0.271 e. The quantitative estimate of drug-likeness (QED) is 0.594. The molecule has 4 nitrogen and oxygen atoms in total. The summed E-state index contributed by atoms with van der Waals surface area (Å²) in [7, 11) is 0. The zero-order valence-corrected chi connectivity index (χ0v) is 12.2. The Bertz CT molecular complexity index is 833. The summed E-state index contributed by atoms with van der Waals surface area (Å²) in [4.78, 5) is 16.3. The minimum absolute atomic E-state index is 0.232. The van der Waals surface area contributed by atoms with Crippen LogP contribution in [0.4, 0.5) is 0 Å². The molecule has 2 aromatic carbocycles. The number of hydrazone groups is 1. The summed E-state index contributed by atoms with van der Waals surface area (Å²) in [5.74, 6) is -0.232. The molecule has 1 amide bonds. The zero-order chi connectivity index (χ0) is 15.4. The molecule has 0 unspecified atom stereocenters. The first-order valence-electron chi connectivity index (χ1n) is 6.98. The van der Waals surface area contributed by atoms with Gasteiger partial charge in [0.25, 0.3) is 5.91 Å². The van der Waals surface area contributed by atoms with Crippen molar-refractivity contribution in [2.45, 2.75) is 6.92 Å². The van der Waals surface area contributed by atoms with Gasteiger partial charge < -0.3 is 0 Å². The van der Waals surface area contributed by atoms with Crippen LogP contribution in [0.25, 0.3) is 10.9 Å². The van der Waals surface area contributed by atoms with Crippen LogP contribution in [-0.4, -0.2) is 17.1 Å². The van der Waals surface area contributed by atoms with Gasteiger partial charge in [-0.2, -0.15) is 5.10 Å². The molecule has 4 heteroatoms. The molecule has 0 spiro atoms. The van der Waals surface area contributed by atoms with Gasteiger partial charge in [0.05, 0.1) is 11.7 Å². The van der Waals surface area contributed by atoms with E-state index in [4.69, 9.17) is 0 Å². The molecule has 3 aromatic rings. The highest BCUT2D eigenvalue weighted by atomic mass is 16.2. The van der Waals surface area contributed by atoms with Gasteiger partial charge in [-0.3, -0.25) is 9.78 Å². The molecule has 0 aliphatic rings. The van der Waals surface area contributed by atoms with Crippen LogP contribution < -0.4 is 5.43 Å². The Morgan fingerprint density at radius 2 is 1.86 bits per heavy atom. The van der Waals surface area contributed by atoms with Crippen LogP contribution in [0.15, 0.2) is 65.9 Å². The van der Waals surface area contributed by atoms with Crippen LogP contribution >= 0.6 is 0 Å². The van der Waals surface area contributed by atoms with Gasteiger partial charge in [0.1, 0.15) is 0 Å². The normalized spacial score (nSPS) is 11.0. The number of hydrogen-bond acceptors (Lipinski definition) is 3. The summed E-state index contributed by atoms with van der Waals surface area (Å²) in [6.45, 7) is 1.98. The number of rotatable bonds is 3. The lowest BCUT2D eigenvalue weighted by molar-refractivity contribution is 0.0955. The summed E-state index contributed by atoms with van der Waals surface area (Å²) in [6, 6.07) is 17.1. The smallest absolute Gasteiger partial charge is 0.267 e. The van der Waals surface area contributed by atoms with Gasteiger partial charge in [-0.25, -0.2) is 5.43 Å². The number of aromatic nitrogens is 1. The fraction of sp³-hybridized carbons (Fsp3) is 0.0556. The lowest BCUT2D eigenvalue weighted by atomic mass is 10.1. The standard InChI is InChI=1S/C18H15N3O/c1-13-7-9-15(10-8-13)18(22)21-20-12-16-5-2-4-14-6-3-11-19-17(14)16/h2-12H,1H3,(H,21,22)/b20-12-. The number of para-hydroxylation sites is 1. The predicted octanol–water partition coefficient (Wildman–Crippen LogP) is 3.31. The van der Waals surface area contributed by atoms with Gasteiger partial charge >= 0.3 is 0 Å². The van der Waals surface area contributed by atoms with Crippen LogP contribution in [-0.2, 0) is 0 Å². The van der Waals surface area contributed by atoms with E-state index in [1.807, 2.05) is 49.4 Å². The molecular weight excluding hydrogens is 274 g/mol. The average Bonchev–Trinajstić information content (AvgIpc) is 2.55. The van der Waals surface area contributed by atoms with Crippen molar-refractivity contribution in [2.75, 3.05) is 0 Å². The van der Waals surface area contributed by atoms with Crippen molar-refractivity contribution < 1.29 is 4.79 Å². The lowest BCUT2D eigenvalue weighted by Gasteiger charge is -2.02. The van der Waals surface area contributed by atoms with Gasteiger partial charge in [-0.1, -0.05) is 42.0 Å². The summed E-state index contributed by atoms with van der Waals surface area (Å²) in [5.41, 5.74) is 5.95. The zero-order valence-electron chi connectivity index (χ0n) is 12.2. The highest BCUT2D eigenvalue weighted by Gasteiger charge is 2.03. The van der Waals surface area contributed by atoms with Crippen molar-refractivity contribution in [1.82, 2.24) is 10.4 Å². The second-order valence-electron chi connectivity index (χ2n) is 4.99. The molecule has 0 saturated heterocycles. The first-order chi connectivity index (χ1) is 10.7. The van der Waals surface area contributed by atoms with Gasteiger partial charge in [0, 0.05) is 22.7 Å². The number of hydrogen-bond donors (Lipinski definition) is 1. The molecule has 22 heavy (non-hydrogen) atoms. The fourth-order valence-corrected chi connectivity index (χ4v) is 2.16. The second-order valence-corrected chi connectivity index (χ2v) is 4.99. The molecule has 1 N–H and O–H groups in total. The van der Waals surface area contributed by atoms with Gasteiger partial charge in [-0.05, 0) is 25.1 Å². The van der Waals surface area contributed by atoms with E-state index in [9.17, 15) is 4.79 Å². The van der Waals surface area contributed by atoms with E-state index >= 15 is 0 Å². The maximum absolute atomic E-state index is 12.0. The maximum atomic E-state index is 12.0. The van der Waals surface area contributed by atoms with Crippen molar-refractivity contribution in [2.24, 2.45) is 5.10 Å². The molecule has 108 valence electrons. The summed E-state index contributed by atoms with van der Waals surface area (Å²) in [6.07, 6.45) is 3.35. The Morgan fingerprint density at radius 3 is 2.68 bits per heavy atom. The number of pyridine rings is 1. The Labute approximate surface area is 128 Å². The Morgan fingerprint density at radius 1 is 1.09 bits per heavy atom. The number of amides is 1. The topological polar surface area (TPSA) is 54.4 Å². The highest BCUT2D eigenvalue weighted by molar-refractivity contribution is 5.99. The molecule has 1 heterocycles. The number of nitrogens with one attached hydrogen (secondary N) is 1. The van der Waals surface area contributed by atoms with Gasteiger partial charge in [0.2, 0.25) is 0 Å². The number of fused-ring (bicyclic) bond motifs is 1. The lowest BCUT2D eigenvalue weighted by Crippen LogP contribution is -2.17. The molecule has 0 atom stereocenters. The summed E-state index contributed by atoms with van der Waals surface area (Å²) in [5, 5.41) is 5.06. The Kier molecular flexibility index (Phi) is 3.92. The van der Waals surface area contributed by atoms with E-state index in [0.29, 0.717) is 5.56 Å². The van der Waals surface area contributed by atoms with Crippen molar-refractivity contribution in [1.29, 1.82) is 0 Å². The number of carbonyl (C=O) groups excluding carboxylic acids is 1. The minimum Gasteiger partial charge on any atom is -0.267 e. The highest BCUT2D eigenvalue weighted by Crippen LogP contribution is 2.13.